The fourth-order valence-electron chi connectivity index (χ4n) is 3.20. The van der Waals surface area contributed by atoms with Crippen molar-refractivity contribution >= 4 is 6.09 Å². The first-order valence-corrected chi connectivity index (χ1v) is 5.15. The number of primary amides is 1. The maximum Gasteiger partial charge on any atom is 0.405 e. The first kappa shape index (κ1) is 9.77. The second-order valence-corrected chi connectivity index (χ2v) is 4.92. The van der Waals surface area contributed by atoms with Gasteiger partial charge in [0.05, 0.1) is 6.10 Å². The van der Waals surface area contributed by atoms with Gasteiger partial charge in [-0.2, -0.15) is 0 Å². The van der Waals surface area contributed by atoms with E-state index in [0.29, 0.717) is 11.8 Å². The maximum atomic E-state index is 10.7. The molecule has 80 valence electrons. The molecular weight excluding hydrogens is 182 g/mol. The molecule has 0 aromatic heterocycles. The largest absolute Gasteiger partial charge is 0.443 e. The number of carbonyl (C=O) groups excluding carboxylic acids is 1. The Kier molecular flexibility index (Phi) is 2.18. The van der Waals surface area contributed by atoms with Gasteiger partial charge in [-0.25, -0.2) is 4.79 Å². The SMILES string of the molecule is CC1(OC(N)=O)C[C@H]2CC(O)C[C@H]2C1. The number of ether oxygens (including phenoxy) is 1. The van der Waals surface area contributed by atoms with E-state index in [1.165, 1.54) is 0 Å². The van der Waals surface area contributed by atoms with Crippen molar-refractivity contribution in [2.75, 3.05) is 0 Å². The van der Waals surface area contributed by atoms with Crippen molar-refractivity contribution in [3.8, 4) is 0 Å². The Morgan fingerprint density at radius 2 is 1.93 bits per heavy atom. The molecule has 2 rings (SSSR count). The van der Waals surface area contributed by atoms with E-state index in [0.717, 1.165) is 25.7 Å². The Hall–Kier alpha value is -0.770. The van der Waals surface area contributed by atoms with E-state index in [-0.39, 0.29) is 11.7 Å². The number of nitrogens with two attached hydrogens (primary N) is 1. The minimum atomic E-state index is -0.687. The van der Waals surface area contributed by atoms with Crippen LogP contribution in [-0.4, -0.2) is 22.9 Å². The normalized spacial score (nSPS) is 46.3. The van der Waals surface area contributed by atoms with Gasteiger partial charge in [-0.3, -0.25) is 0 Å². The van der Waals surface area contributed by atoms with E-state index < -0.39 is 6.09 Å². The molecule has 4 heteroatoms. The maximum absolute atomic E-state index is 10.7. The summed E-state index contributed by atoms with van der Waals surface area (Å²) in [5.74, 6) is 1.02. The van der Waals surface area contributed by atoms with Gasteiger partial charge in [0.25, 0.3) is 0 Å². The standard InChI is InChI=1S/C10H17NO3/c1-10(14-9(11)13)4-6-2-8(12)3-7(6)5-10/h6-8,12H,2-5H2,1H3,(H2,11,13)/t6-,7+,8?,10?. The lowest BCUT2D eigenvalue weighted by Crippen LogP contribution is -2.32. The smallest absolute Gasteiger partial charge is 0.405 e. The molecule has 4 nitrogen and oxygen atoms in total. The van der Waals surface area contributed by atoms with Crippen molar-refractivity contribution in [3.05, 3.63) is 0 Å². The van der Waals surface area contributed by atoms with E-state index in [9.17, 15) is 9.90 Å². The zero-order valence-corrected chi connectivity index (χ0v) is 8.40. The molecule has 0 spiro atoms. The summed E-state index contributed by atoms with van der Waals surface area (Å²) in [6.07, 6.45) is 2.55. The number of aliphatic hydroxyl groups excluding tert-OH is 1. The molecule has 2 unspecified atom stereocenters. The Labute approximate surface area is 83.4 Å². The molecule has 2 saturated carbocycles. The Bertz CT molecular complexity index is 240. The third-order valence-corrected chi connectivity index (χ3v) is 3.55. The summed E-state index contributed by atoms with van der Waals surface area (Å²) < 4.78 is 5.13. The van der Waals surface area contributed by atoms with Crippen LogP contribution in [0.5, 0.6) is 0 Å². The molecule has 4 atom stereocenters. The molecular formula is C10H17NO3. The number of rotatable bonds is 1. The predicted octanol–water partition coefficient (Wildman–Crippen LogP) is 1.02. The van der Waals surface area contributed by atoms with Crippen molar-refractivity contribution < 1.29 is 14.6 Å². The molecule has 0 aromatic carbocycles. The van der Waals surface area contributed by atoms with Gasteiger partial charge in [0.1, 0.15) is 5.60 Å². The van der Waals surface area contributed by atoms with Crippen LogP contribution in [-0.2, 0) is 4.74 Å². The Morgan fingerprint density at radius 1 is 1.43 bits per heavy atom. The highest BCUT2D eigenvalue weighted by molar-refractivity contribution is 5.65. The Balaban J connectivity index is 1.99. The summed E-state index contributed by atoms with van der Waals surface area (Å²) in [6.45, 7) is 1.93. The van der Waals surface area contributed by atoms with Crippen LogP contribution in [0.2, 0.25) is 0 Å². The van der Waals surface area contributed by atoms with Gasteiger partial charge in [0.15, 0.2) is 0 Å². The summed E-state index contributed by atoms with van der Waals surface area (Å²) in [7, 11) is 0. The first-order valence-electron chi connectivity index (χ1n) is 5.15. The monoisotopic (exact) mass is 199 g/mol. The van der Waals surface area contributed by atoms with Crippen LogP contribution in [0.4, 0.5) is 4.79 Å². The average Bonchev–Trinajstić information content (AvgIpc) is 2.38. The van der Waals surface area contributed by atoms with Crippen LogP contribution < -0.4 is 5.73 Å². The van der Waals surface area contributed by atoms with Gasteiger partial charge in [0.2, 0.25) is 0 Å². The lowest BCUT2D eigenvalue weighted by Gasteiger charge is -2.24. The van der Waals surface area contributed by atoms with E-state index in [2.05, 4.69) is 0 Å². The quantitative estimate of drug-likeness (QED) is 0.662. The zero-order valence-electron chi connectivity index (χ0n) is 8.40. The van der Waals surface area contributed by atoms with Gasteiger partial charge >= 0.3 is 6.09 Å². The summed E-state index contributed by atoms with van der Waals surface area (Å²) in [4.78, 5) is 10.7. The van der Waals surface area contributed by atoms with E-state index in [1.54, 1.807) is 0 Å². The van der Waals surface area contributed by atoms with E-state index in [1.807, 2.05) is 6.92 Å². The topological polar surface area (TPSA) is 72.5 Å². The molecule has 3 N–H and O–H groups in total. The molecule has 0 bridgehead atoms. The lowest BCUT2D eigenvalue weighted by atomic mass is 10.00. The highest BCUT2D eigenvalue weighted by Crippen LogP contribution is 2.49. The van der Waals surface area contributed by atoms with Crippen molar-refractivity contribution in [1.29, 1.82) is 0 Å². The van der Waals surface area contributed by atoms with Crippen molar-refractivity contribution in [2.24, 2.45) is 17.6 Å². The van der Waals surface area contributed by atoms with Crippen molar-refractivity contribution in [2.45, 2.75) is 44.3 Å². The van der Waals surface area contributed by atoms with Crippen LogP contribution in [0, 0.1) is 11.8 Å². The minimum absolute atomic E-state index is 0.150. The number of hydrogen-bond acceptors (Lipinski definition) is 3. The summed E-state index contributed by atoms with van der Waals surface area (Å²) in [5, 5.41) is 9.45. The third-order valence-electron chi connectivity index (χ3n) is 3.55. The van der Waals surface area contributed by atoms with Gasteiger partial charge in [-0.1, -0.05) is 0 Å². The molecule has 1 amide bonds. The molecule has 0 heterocycles. The van der Waals surface area contributed by atoms with Crippen molar-refractivity contribution in [1.82, 2.24) is 0 Å². The number of amides is 1. The second-order valence-electron chi connectivity index (χ2n) is 4.92. The first-order chi connectivity index (χ1) is 6.48. The van der Waals surface area contributed by atoms with Gasteiger partial charge in [0, 0.05) is 0 Å². The Morgan fingerprint density at radius 3 is 2.36 bits per heavy atom. The van der Waals surface area contributed by atoms with Crippen molar-refractivity contribution in [3.63, 3.8) is 0 Å². The van der Waals surface area contributed by atoms with Crippen LogP contribution in [0.3, 0.4) is 0 Å². The minimum Gasteiger partial charge on any atom is -0.443 e. The summed E-state index contributed by atoms with van der Waals surface area (Å²) >= 11 is 0. The third kappa shape index (κ3) is 1.71. The fourth-order valence-corrected chi connectivity index (χ4v) is 3.20. The molecule has 0 aromatic rings. The van der Waals surface area contributed by atoms with Gasteiger partial charge in [-0.05, 0) is 44.4 Å². The average molecular weight is 199 g/mol. The highest BCUT2D eigenvalue weighted by Gasteiger charge is 2.48. The lowest BCUT2D eigenvalue weighted by molar-refractivity contribution is 0.0259. The molecule has 0 aliphatic heterocycles. The van der Waals surface area contributed by atoms with Crippen LogP contribution in [0.25, 0.3) is 0 Å². The number of hydrogen-bond donors (Lipinski definition) is 2. The second kappa shape index (κ2) is 3.12. The van der Waals surface area contributed by atoms with Gasteiger partial charge in [-0.15, -0.1) is 0 Å². The molecule has 2 fully saturated rings. The molecule has 0 radical (unpaired) electrons. The molecule has 14 heavy (non-hydrogen) atoms. The number of fused-ring (bicyclic) bond motifs is 1. The summed E-state index contributed by atoms with van der Waals surface area (Å²) in [5.41, 5.74) is 4.64. The number of carbonyl (C=O) groups is 1. The number of aliphatic hydroxyl groups is 1. The predicted molar refractivity (Wildman–Crippen MR) is 50.5 cm³/mol. The molecule has 0 saturated heterocycles. The van der Waals surface area contributed by atoms with Crippen LogP contribution >= 0.6 is 0 Å². The van der Waals surface area contributed by atoms with Crippen LogP contribution in [0.1, 0.15) is 32.6 Å². The summed E-state index contributed by atoms with van der Waals surface area (Å²) in [6, 6.07) is 0. The van der Waals surface area contributed by atoms with E-state index in [4.69, 9.17) is 10.5 Å². The highest BCUT2D eigenvalue weighted by atomic mass is 16.6. The fraction of sp³-hybridized carbons (Fsp3) is 0.900. The molecule has 2 aliphatic rings. The van der Waals surface area contributed by atoms with Gasteiger partial charge < -0.3 is 15.6 Å². The van der Waals surface area contributed by atoms with E-state index >= 15 is 0 Å². The zero-order chi connectivity index (χ0) is 10.3. The molecule has 2 aliphatic carbocycles. The van der Waals surface area contributed by atoms with Crippen LogP contribution in [0.15, 0.2) is 0 Å².